The van der Waals surface area contributed by atoms with Crippen molar-refractivity contribution in [3.8, 4) is 5.75 Å². The minimum absolute atomic E-state index is 0.273. The zero-order valence-corrected chi connectivity index (χ0v) is 12.5. The van der Waals surface area contributed by atoms with Gasteiger partial charge in [0.2, 0.25) is 0 Å². The van der Waals surface area contributed by atoms with Crippen molar-refractivity contribution in [2.24, 2.45) is 0 Å². The Labute approximate surface area is 134 Å². The lowest BCUT2D eigenvalue weighted by Gasteiger charge is -2.23. The first-order valence-corrected chi connectivity index (χ1v) is 7.30. The normalized spacial score (nSPS) is 15.8. The lowest BCUT2D eigenvalue weighted by molar-refractivity contribution is -0.167. The van der Waals surface area contributed by atoms with Crippen LogP contribution in [0.1, 0.15) is 42.5 Å². The smallest absolute Gasteiger partial charge is 0.471 e. The number of alkyl halides is 3. The second kappa shape index (κ2) is 7.06. The average molecular weight is 349 g/mol. The molecule has 0 unspecified atom stereocenters. The number of carbonyl (C=O) groups excluding carboxylic acids is 1. The van der Waals surface area contributed by atoms with E-state index in [2.05, 4.69) is 0 Å². The van der Waals surface area contributed by atoms with E-state index in [1.807, 2.05) is 0 Å². The Morgan fingerprint density at radius 2 is 1.79 bits per heavy atom. The van der Waals surface area contributed by atoms with E-state index in [4.69, 9.17) is 9.84 Å². The van der Waals surface area contributed by atoms with Gasteiger partial charge in [-0.15, -0.1) is 0 Å². The molecule has 9 heteroatoms. The van der Waals surface area contributed by atoms with Gasteiger partial charge in [-0.2, -0.15) is 13.2 Å². The zero-order valence-electron chi connectivity index (χ0n) is 12.5. The van der Waals surface area contributed by atoms with Crippen molar-refractivity contribution in [2.45, 2.75) is 44.4 Å². The van der Waals surface area contributed by atoms with Crippen LogP contribution in [-0.2, 0) is 4.79 Å². The van der Waals surface area contributed by atoms with Gasteiger partial charge >= 0.3 is 18.1 Å². The van der Waals surface area contributed by atoms with Gasteiger partial charge in [0.15, 0.2) is 11.6 Å². The van der Waals surface area contributed by atoms with Crippen molar-refractivity contribution in [1.29, 1.82) is 0 Å². The number of amides is 1. The van der Waals surface area contributed by atoms with Crippen LogP contribution < -0.4 is 10.1 Å². The van der Waals surface area contributed by atoms with Crippen molar-refractivity contribution in [1.82, 2.24) is 0 Å². The summed E-state index contributed by atoms with van der Waals surface area (Å²) in [5, 5.41) is 10.5. The number of hydrogen-bond acceptors (Lipinski definition) is 3. The molecule has 0 saturated heterocycles. The maximum absolute atomic E-state index is 14.0. The van der Waals surface area contributed by atoms with Gasteiger partial charge in [-0.1, -0.05) is 6.42 Å². The van der Waals surface area contributed by atoms with E-state index in [1.54, 1.807) is 0 Å². The monoisotopic (exact) mass is 349 g/mol. The van der Waals surface area contributed by atoms with E-state index in [9.17, 15) is 27.2 Å². The summed E-state index contributed by atoms with van der Waals surface area (Å²) in [6.07, 6.45) is -1.28. The number of carboxylic acids is 1. The summed E-state index contributed by atoms with van der Waals surface area (Å²) >= 11 is 0. The largest absolute Gasteiger partial charge is 0.487 e. The van der Waals surface area contributed by atoms with E-state index in [1.165, 1.54) is 5.32 Å². The number of aromatic carboxylic acids is 1. The maximum Gasteiger partial charge on any atom is 0.471 e. The fraction of sp³-hybridized carbons (Fsp3) is 0.467. The van der Waals surface area contributed by atoms with Crippen LogP contribution in [0.5, 0.6) is 5.75 Å². The molecule has 24 heavy (non-hydrogen) atoms. The van der Waals surface area contributed by atoms with Gasteiger partial charge in [0.25, 0.3) is 0 Å². The minimum Gasteiger partial charge on any atom is -0.487 e. The van der Waals surface area contributed by atoms with E-state index in [-0.39, 0.29) is 11.9 Å². The number of halogens is 4. The molecule has 1 aromatic rings. The van der Waals surface area contributed by atoms with Crippen LogP contribution in [0.15, 0.2) is 12.1 Å². The first-order valence-electron chi connectivity index (χ1n) is 7.30. The fourth-order valence-corrected chi connectivity index (χ4v) is 2.48. The van der Waals surface area contributed by atoms with E-state index < -0.39 is 35.1 Å². The van der Waals surface area contributed by atoms with E-state index in [0.717, 1.165) is 25.3 Å². The van der Waals surface area contributed by atoms with Crippen molar-refractivity contribution in [3.63, 3.8) is 0 Å². The van der Waals surface area contributed by atoms with Crippen LogP contribution in [0.4, 0.5) is 23.2 Å². The molecule has 0 heterocycles. The summed E-state index contributed by atoms with van der Waals surface area (Å²) in [5.74, 6) is -5.39. The highest BCUT2D eigenvalue weighted by Crippen LogP contribution is 2.31. The molecule has 2 rings (SSSR count). The minimum atomic E-state index is -5.22. The van der Waals surface area contributed by atoms with Crippen LogP contribution >= 0.6 is 0 Å². The first-order chi connectivity index (χ1) is 11.2. The van der Waals surface area contributed by atoms with Gasteiger partial charge in [-0.05, 0) is 31.7 Å². The first kappa shape index (κ1) is 18.0. The molecular formula is C15H15F4NO4. The third kappa shape index (κ3) is 4.36. The van der Waals surface area contributed by atoms with Gasteiger partial charge in [-0.3, -0.25) is 4.79 Å². The third-order valence-corrected chi connectivity index (χ3v) is 3.65. The molecule has 0 atom stereocenters. The molecule has 1 aromatic carbocycles. The molecule has 0 bridgehead atoms. The zero-order chi connectivity index (χ0) is 17.9. The lowest BCUT2D eigenvalue weighted by atomic mass is 9.98. The lowest BCUT2D eigenvalue weighted by Crippen LogP contribution is -2.30. The SMILES string of the molecule is O=C(O)c1cc(OC2CCCCC2)c(F)cc1NC(=O)C(F)(F)F. The Morgan fingerprint density at radius 1 is 1.17 bits per heavy atom. The number of carboxylic acid groups (broad SMARTS) is 1. The highest BCUT2D eigenvalue weighted by molar-refractivity contribution is 6.02. The maximum atomic E-state index is 14.0. The predicted molar refractivity (Wildman–Crippen MR) is 75.5 cm³/mol. The van der Waals surface area contributed by atoms with Crippen molar-refractivity contribution < 1.29 is 37.0 Å². The van der Waals surface area contributed by atoms with Gasteiger partial charge in [0, 0.05) is 6.07 Å². The Hall–Kier alpha value is -2.32. The van der Waals surface area contributed by atoms with Gasteiger partial charge < -0.3 is 15.2 Å². The van der Waals surface area contributed by atoms with Crippen LogP contribution in [0.3, 0.4) is 0 Å². The van der Waals surface area contributed by atoms with Crippen molar-refractivity contribution in [3.05, 3.63) is 23.5 Å². The fourth-order valence-electron chi connectivity index (χ4n) is 2.48. The standard InChI is InChI=1S/C15H15F4NO4/c16-10-7-11(20-14(23)15(17,18)19)9(13(21)22)6-12(10)24-8-4-2-1-3-5-8/h6-8H,1-5H2,(H,20,23)(H,21,22). The summed E-state index contributed by atoms with van der Waals surface area (Å²) in [6, 6.07) is 1.31. The summed E-state index contributed by atoms with van der Waals surface area (Å²) < 4.78 is 56.3. The molecule has 1 amide bonds. The highest BCUT2D eigenvalue weighted by atomic mass is 19.4. The molecule has 1 aliphatic rings. The van der Waals surface area contributed by atoms with Crippen LogP contribution in [0, 0.1) is 5.82 Å². The highest BCUT2D eigenvalue weighted by Gasteiger charge is 2.39. The van der Waals surface area contributed by atoms with Gasteiger partial charge in [-0.25, -0.2) is 9.18 Å². The van der Waals surface area contributed by atoms with Crippen LogP contribution in [0.25, 0.3) is 0 Å². The number of carbonyl (C=O) groups is 2. The van der Waals surface area contributed by atoms with Crippen LogP contribution in [-0.4, -0.2) is 29.3 Å². The molecule has 0 spiro atoms. The summed E-state index contributed by atoms with van der Waals surface area (Å²) in [7, 11) is 0. The topological polar surface area (TPSA) is 75.6 Å². The number of rotatable bonds is 4. The number of anilines is 1. The molecule has 5 nitrogen and oxygen atoms in total. The number of benzene rings is 1. The number of hydrogen-bond donors (Lipinski definition) is 2. The Bertz CT molecular complexity index is 639. The van der Waals surface area contributed by atoms with Gasteiger partial charge in [0.05, 0.1) is 17.4 Å². The van der Waals surface area contributed by atoms with Gasteiger partial charge in [0.1, 0.15) is 0 Å². The van der Waals surface area contributed by atoms with Crippen LogP contribution in [0.2, 0.25) is 0 Å². The molecule has 1 saturated carbocycles. The third-order valence-electron chi connectivity index (χ3n) is 3.65. The summed E-state index contributed by atoms with van der Waals surface area (Å²) in [5.41, 5.74) is -1.46. The summed E-state index contributed by atoms with van der Waals surface area (Å²) in [4.78, 5) is 22.1. The Morgan fingerprint density at radius 3 is 2.33 bits per heavy atom. The molecule has 1 fully saturated rings. The molecule has 1 aliphatic carbocycles. The Kier molecular flexibility index (Phi) is 5.30. The molecule has 2 N–H and O–H groups in total. The van der Waals surface area contributed by atoms with E-state index >= 15 is 0 Å². The summed E-state index contributed by atoms with van der Waals surface area (Å²) in [6.45, 7) is 0. The number of ether oxygens (including phenoxy) is 1. The van der Waals surface area contributed by atoms with Crippen molar-refractivity contribution >= 4 is 17.6 Å². The Balaban J connectivity index is 2.27. The quantitative estimate of drug-likeness (QED) is 0.812. The number of nitrogens with one attached hydrogen (secondary N) is 1. The van der Waals surface area contributed by atoms with Crippen molar-refractivity contribution in [2.75, 3.05) is 5.32 Å². The molecule has 0 aromatic heterocycles. The van der Waals surface area contributed by atoms with E-state index in [0.29, 0.717) is 18.9 Å². The molecule has 132 valence electrons. The average Bonchev–Trinajstić information content (AvgIpc) is 2.49. The molecular weight excluding hydrogens is 334 g/mol. The molecule has 0 aliphatic heterocycles. The second-order valence-electron chi connectivity index (χ2n) is 5.46. The molecule has 0 radical (unpaired) electrons. The second-order valence-corrected chi connectivity index (χ2v) is 5.46. The predicted octanol–water partition coefficient (Wildman–Crippen LogP) is 3.74.